The van der Waals surface area contributed by atoms with Gasteiger partial charge in [0.25, 0.3) is 15.6 Å². The molecule has 25 heavy (non-hydrogen) atoms. The van der Waals surface area contributed by atoms with Crippen molar-refractivity contribution in [3.63, 3.8) is 0 Å². The predicted octanol–water partition coefficient (Wildman–Crippen LogP) is 2.51. The second kappa shape index (κ2) is 5.67. The molecule has 6 nitrogen and oxygen atoms in total. The molecule has 3 heterocycles. The molecule has 1 aliphatic rings. The molecule has 0 bridgehead atoms. The first kappa shape index (κ1) is 16.3. The third kappa shape index (κ3) is 2.47. The summed E-state index contributed by atoms with van der Waals surface area (Å²) in [5.41, 5.74) is 1.35. The molecular formula is C17H17N3O3S2. The average Bonchev–Trinajstić information content (AvgIpc) is 2.94. The largest absolute Gasteiger partial charge is 0.279 e. The Morgan fingerprint density at radius 1 is 1.20 bits per heavy atom. The van der Waals surface area contributed by atoms with E-state index in [-0.39, 0.29) is 10.6 Å². The molecular weight excluding hydrogens is 358 g/mol. The van der Waals surface area contributed by atoms with Gasteiger partial charge in [-0.05, 0) is 38.3 Å². The first-order chi connectivity index (χ1) is 11.9. The van der Waals surface area contributed by atoms with Gasteiger partial charge in [0.2, 0.25) is 0 Å². The van der Waals surface area contributed by atoms with Gasteiger partial charge in [0, 0.05) is 17.6 Å². The number of sulfonamides is 1. The number of nitrogens with zero attached hydrogens (tertiary/aromatic N) is 3. The van der Waals surface area contributed by atoms with Crippen molar-refractivity contribution in [3.05, 3.63) is 57.0 Å². The molecule has 0 fully saturated rings. The molecule has 0 saturated carbocycles. The smallest absolute Gasteiger partial charge is 0.267 e. The van der Waals surface area contributed by atoms with E-state index in [9.17, 15) is 13.2 Å². The van der Waals surface area contributed by atoms with E-state index < -0.39 is 15.6 Å². The molecule has 4 rings (SSSR count). The number of hydrogen-bond donors (Lipinski definition) is 0. The fourth-order valence-corrected chi connectivity index (χ4v) is 5.92. The maximum absolute atomic E-state index is 13.3. The maximum atomic E-state index is 13.3. The molecule has 0 spiro atoms. The second-order valence-corrected chi connectivity index (χ2v) is 9.15. The van der Waals surface area contributed by atoms with Crippen molar-refractivity contribution in [2.45, 2.75) is 31.6 Å². The lowest BCUT2D eigenvalue weighted by atomic mass is 10.0. The van der Waals surface area contributed by atoms with Gasteiger partial charge in [-0.25, -0.2) is 13.4 Å². The van der Waals surface area contributed by atoms with Crippen LogP contribution in [0.15, 0.2) is 40.2 Å². The maximum Gasteiger partial charge on any atom is 0.279 e. The van der Waals surface area contributed by atoms with Crippen LogP contribution in [-0.4, -0.2) is 24.3 Å². The first-order valence-corrected chi connectivity index (χ1v) is 10.3. The zero-order valence-electron chi connectivity index (χ0n) is 13.9. The molecule has 0 amide bonds. The molecule has 1 aromatic carbocycles. The van der Waals surface area contributed by atoms with Crippen molar-refractivity contribution in [1.29, 1.82) is 0 Å². The van der Waals surface area contributed by atoms with Gasteiger partial charge in [0.05, 0.1) is 11.4 Å². The van der Waals surface area contributed by atoms with E-state index in [1.165, 1.54) is 20.0 Å². The third-order valence-electron chi connectivity index (χ3n) is 4.39. The highest BCUT2D eigenvalue weighted by molar-refractivity contribution is 7.92. The fraction of sp³-hybridized carbons (Fsp3) is 0.294. The Labute approximate surface area is 149 Å². The highest BCUT2D eigenvalue weighted by Gasteiger charge is 2.33. The molecule has 0 aliphatic carbocycles. The molecule has 0 atom stereocenters. The number of para-hydroxylation sites is 1. The van der Waals surface area contributed by atoms with Gasteiger partial charge in [-0.1, -0.05) is 18.2 Å². The van der Waals surface area contributed by atoms with E-state index >= 15 is 0 Å². The van der Waals surface area contributed by atoms with Crippen molar-refractivity contribution in [1.82, 2.24) is 9.38 Å². The summed E-state index contributed by atoms with van der Waals surface area (Å²) in [6, 6.07) is 7.44. The Bertz CT molecular complexity index is 1150. The number of anilines is 1. The minimum Gasteiger partial charge on any atom is -0.267 e. The van der Waals surface area contributed by atoms with E-state index in [1.807, 2.05) is 25.1 Å². The van der Waals surface area contributed by atoms with Crippen LogP contribution < -0.4 is 9.86 Å². The molecule has 1 aliphatic heterocycles. The SMILES string of the molecule is Cc1cn2c(=O)c(S(=O)(=O)N3CCCc4ccccc43)c(C)nc2s1. The van der Waals surface area contributed by atoms with Gasteiger partial charge >= 0.3 is 0 Å². The minimum absolute atomic E-state index is 0.237. The van der Waals surface area contributed by atoms with Crippen LogP contribution in [0, 0.1) is 13.8 Å². The lowest BCUT2D eigenvalue weighted by Gasteiger charge is -2.30. The summed E-state index contributed by atoms with van der Waals surface area (Å²) in [6.07, 6.45) is 3.20. The monoisotopic (exact) mass is 375 g/mol. The Morgan fingerprint density at radius 2 is 1.96 bits per heavy atom. The summed E-state index contributed by atoms with van der Waals surface area (Å²) >= 11 is 1.37. The van der Waals surface area contributed by atoms with Gasteiger partial charge in [0.1, 0.15) is 0 Å². The molecule has 130 valence electrons. The van der Waals surface area contributed by atoms with E-state index in [1.54, 1.807) is 19.2 Å². The van der Waals surface area contributed by atoms with Crippen LogP contribution in [0.3, 0.4) is 0 Å². The van der Waals surface area contributed by atoms with Crippen molar-refractivity contribution in [3.8, 4) is 0 Å². The number of benzene rings is 1. The topological polar surface area (TPSA) is 71.8 Å². The fourth-order valence-electron chi connectivity index (χ4n) is 3.29. The number of thiazole rings is 1. The van der Waals surface area contributed by atoms with Crippen molar-refractivity contribution < 1.29 is 8.42 Å². The Balaban J connectivity index is 1.96. The molecule has 3 aromatic rings. The highest BCUT2D eigenvalue weighted by Crippen LogP contribution is 2.31. The second-order valence-electron chi connectivity index (χ2n) is 6.14. The van der Waals surface area contributed by atoms with Crippen LogP contribution in [0.5, 0.6) is 0 Å². The van der Waals surface area contributed by atoms with Crippen LogP contribution >= 0.6 is 11.3 Å². The standard InChI is InChI=1S/C17H17N3O3S2/c1-11-10-19-16(21)15(12(2)18-17(19)24-11)25(22,23)20-9-5-7-13-6-3-4-8-14(13)20/h3-4,6,8,10H,5,7,9H2,1-2H3. The van der Waals surface area contributed by atoms with E-state index in [4.69, 9.17) is 0 Å². The van der Waals surface area contributed by atoms with Crippen molar-refractivity contribution in [2.24, 2.45) is 0 Å². The van der Waals surface area contributed by atoms with Crippen molar-refractivity contribution >= 4 is 32.0 Å². The highest BCUT2D eigenvalue weighted by atomic mass is 32.2. The molecule has 2 aromatic heterocycles. The Hall–Kier alpha value is -2.19. The summed E-state index contributed by atoms with van der Waals surface area (Å²) < 4.78 is 29.3. The van der Waals surface area contributed by atoms with Crippen molar-refractivity contribution in [2.75, 3.05) is 10.8 Å². The molecule has 0 N–H and O–H groups in total. The summed E-state index contributed by atoms with van der Waals surface area (Å²) in [5, 5.41) is 0. The lowest BCUT2D eigenvalue weighted by molar-refractivity contribution is 0.583. The Morgan fingerprint density at radius 3 is 2.76 bits per heavy atom. The van der Waals surface area contributed by atoms with E-state index in [2.05, 4.69) is 4.98 Å². The number of aryl methyl sites for hydroxylation is 3. The number of rotatable bonds is 2. The average molecular weight is 375 g/mol. The predicted molar refractivity (Wildman–Crippen MR) is 98.1 cm³/mol. The number of aromatic nitrogens is 2. The zero-order valence-corrected chi connectivity index (χ0v) is 15.5. The number of fused-ring (bicyclic) bond motifs is 2. The molecule has 0 saturated heterocycles. The summed E-state index contributed by atoms with van der Waals surface area (Å²) in [4.78, 5) is 18.4. The van der Waals surface area contributed by atoms with Gasteiger partial charge < -0.3 is 0 Å². The van der Waals surface area contributed by atoms with E-state index in [0.717, 1.165) is 23.3 Å². The van der Waals surface area contributed by atoms with Gasteiger partial charge in [0.15, 0.2) is 9.86 Å². The van der Waals surface area contributed by atoms with Crippen LogP contribution in [0.25, 0.3) is 4.96 Å². The number of hydrogen-bond acceptors (Lipinski definition) is 5. The summed E-state index contributed by atoms with van der Waals surface area (Å²) in [5.74, 6) is 0. The van der Waals surface area contributed by atoms with Crippen LogP contribution in [0.1, 0.15) is 22.6 Å². The van der Waals surface area contributed by atoms with Crippen LogP contribution in [0.4, 0.5) is 5.69 Å². The third-order valence-corrected chi connectivity index (χ3v) is 7.23. The van der Waals surface area contributed by atoms with Gasteiger partial charge in [-0.2, -0.15) is 0 Å². The van der Waals surface area contributed by atoms with Crippen LogP contribution in [-0.2, 0) is 16.4 Å². The molecule has 0 radical (unpaired) electrons. The zero-order chi connectivity index (χ0) is 17.8. The molecule has 0 unspecified atom stereocenters. The minimum atomic E-state index is -3.98. The van der Waals surface area contributed by atoms with Crippen LogP contribution in [0.2, 0.25) is 0 Å². The van der Waals surface area contributed by atoms with Gasteiger partial charge in [-0.15, -0.1) is 11.3 Å². The molecule has 8 heteroatoms. The quantitative estimate of drug-likeness (QED) is 0.690. The Kier molecular flexibility index (Phi) is 3.69. The van der Waals surface area contributed by atoms with Gasteiger partial charge in [-0.3, -0.25) is 13.5 Å². The first-order valence-electron chi connectivity index (χ1n) is 7.99. The summed E-state index contributed by atoms with van der Waals surface area (Å²) in [6.45, 7) is 3.81. The van der Waals surface area contributed by atoms with E-state index in [0.29, 0.717) is 17.2 Å². The lowest BCUT2D eigenvalue weighted by Crippen LogP contribution is -2.39. The summed E-state index contributed by atoms with van der Waals surface area (Å²) in [7, 11) is -3.98. The normalized spacial score (nSPS) is 14.7.